The molecule has 0 bridgehead atoms. The van der Waals surface area contributed by atoms with E-state index in [0.29, 0.717) is 12.1 Å². The first-order valence-corrected chi connectivity index (χ1v) is 11.3. The number of rotatable bonds is 8. The van der Waals surface area contributed by atoms with E-state index >= 15 is 0 Å². The van der Waals surface area contributed by atoms with E-state index < -0.39 is 0 Å². The highest BCUT2D eigenvalue weighted by atomic mass is 16.5. The molecule has 0 spiro atoms. The van der Waals surface area contributed by atoms with Crippen LogP contribution < -0.4 is 4.74 Å². The summed E-state index contributed by atoms with van der Waals surface area (Å²) in [6, 6.07) is 16.0. The van der Waals surface area contributed by atoms with Crippen molar-refractivity contribution in [2.24, 2.45) is 0 Å². The third-order valence-electron chi connectivity index (χ3n) is 6.06. The second-order valence-electron chi connectivity index (χ2n) is 8.32. The van der Waals surface area contributed by atoms with E-state index in [1.54, 1.807) is 7.11 Å². The van der Waals surface area contributed by atoms with Gasteiger partial charge in [-0.15, -0.1) is 0 Å². The molecule has 3 heterocycles. The molecule has 0 aliphatic rings. The zero-order chi connectivity index (χ0) is 23.5. The van der Waals surface area contributed by atoms with Crippen molar-refractivity contribution in [3.63, 3.8) is 0 Å². The number of aryl methyl sites for hydroxylation is 2. The minimum absolute atomic E-state index is 0.370. The molecular weight excluding hydrogens is 428 g/mol. The lowest BCUT2D eigenvalue weighted by Gasteiger charge is -2.05. The SMILES string of the molecule is COC(=O)c1cc2cc(Cc3ccnc(CCCc4c[nH]c5ccc(OC)cc45)n3)ccc2[nH]1. The number of aromatic amines is 2. The summed E-state index contributed by atoms with van der Waals surface area (Å²) in [6.07, 6.45) is 7.31. The first-order chi connectivity index (χ1) is 16.6. The fourth-order valence-corrected chi connectivity index (χ4v) is 4.31. The summed E-state index contributed by atoms with van der Waals surface area (Å²) in [5, 5.41) is 2.17. The average Bonchev–Trinajstić information content (AvgIpc) is 3.47. The maximum absolute atomic E-state index is 11.8. The monoisotopic (exact) mass is 454 g/mol. The second-order valence-corrected chi connectivity index (χ2v) is 8.32. The number of carbonyl (C=O) groups excluding carboxylic acids is 1. The highest BCUT2D eigenvalue weighted by Crippen LogP contribution is 2.25. The third kappa shape index (κ3) is 4.50. The number of nitrogens with zero attached hydrogens (tertiary/aromatic N) is 2. The zero-order valence-corrected chi connectivity index (χ0v) is 19.2. The van der Waals surface area contributed by atoms with Gasteiger partial charge in [0.1, 0.15) is 17.3 Å². The number of methoxy groups -OCH3 is 2. The Morgan fingerprint density at radius 3 is 2.74 bits per heavy atom. The molecule has 172 valence electrons. The normalized spacial score (nSPS) is 11.2. The molecule has 34 heavy (non-hydrogen) atoms. The van der Waals surface area contributed by atoms with Gasteiger partial charge in [-0.3, -0.25) is 0 Å². The Kier molecular flexibility index (Phi) is 5.99. The summed E-state index contributed by atoms with van der Waals surface area (Å²) in [4.78, 5) is 27.5. The third-order valence-corrected chi connectivity index (χ3v) is 6.06. The van der Waals surface area contributed by atoms with E-state index in [1.807, 2.05) is 42.6 Å². The molecule has 7 nitrogen and oxygen atoms in total. The molecule has 0 atom stereocenters. The Hall–Kier alpha value is -4.13. The molecule has 0 amide bonds. The van der Waals surface area contributed by atoms with Crippen LogP contribution in [-0.2, 0) is 24.0 Å². The molecule has 0 unspecified atom stereocenters. The zero-order valence-electron chi connectivity index (χ0n) is 19.2. The predicted octanol–water partition coefficient (Wildman–Crippen LogP) is 5.00. The molecule has 7 heteroatoms. The lowest BCUT2D eigenvalue weighted by Crippen LogP contribution is -2.01. The van der Waals surface area contributed by atoms with Gasteiger partial charge in [-0.2, -0.15) is 0 Å². The highest BCUT2D eigenvalue weighted by molar-refractivity contribution is 5.94. The smallest absolute Gasteiger partial charge is 0.354 e. The minimum atomic E-state index is -0.370. The summed E-state index contributed by atoms with van der Waals surface area (Å²) in [7, 11) is 3.07. The van der Waals surface area contributed by atoms with Gasteiger partial charge in [0.25, 0.3) is 0 Å². The van der Waals surface area contributed by atoms with Crippen LogP contribution in [0.2, 0.25) is 0 Å². The molecule has 0 aliphatic carbocycles. The lowest BCUT2D eigenvalue weighted by atomic mass is 10.1. The quantitative estimate of drug-likeness (QED) is 0.322. The van der Waals surface area contributed by atoms with Crippen molar-refractivity contribution < 1.29 is 14.3 Å². The van der Waals surface area contributed by atoms with Crippen molar-refractivity contribution in [1.82, 2.24) is 19.9 Å². The number of aromatic nitrogens is 4. The van der Waals surface area contributed by atoms with E-state index in [2.05, 4.69) is 33.3 Å². The Morgan fingerprint density at radius 1 is 1.00 bits per heavy atom. The summed E-state index contributed by atoms with van der Waals surface area (Å²) < 4.78 is 10.2. The number of carbonyl (C=O) groups is 1. The van der Waals surface area contributed by atoms with E-state index in [4.69, 9.17) is 14.5 Å². The topological polar surface area (TPSA) is 92.9 Å². The number of fused-ring (bicyclic) bond motifs is 2. The first kappa shape index (κ1) is 21.7. The van der Waals surface area contributed by atoms with Gasteiger partial charge < -0.3 is 19.4 Å². The van der Waals surface area contributed by atoms with Gasteiger partial charge >= 0.3 is 5.97 Å². The van der Waals surface area contributed by atoms with Gasteiger partial charge in [-0.25, -0.2) is 14.8 Å². The number of nitrogens with one attached hydrogen (secondary N) is 2. The molecule has 0 saturated carbocycles. The van der Waals surface area contributed by atoms with E-state index in [0.717, 1.165) is 58.5 Å². The van der Waals surface area contributed by atoms with Crippen molar-refractivity contribution in [1.29, 1.82) is 0 Å². The molecule has 0 saturated heterocycles. The molecule has 5 aromatic rings. The molecule has 2 aromatic carbocycles. The Morgan fingerprint density at radius 2 is 1.88 bits per heavy atom. The molecule has 0 aliphatic heterocycles. The van der Waals surface area contributed by atoms with E-state index in [-0.39, 0.29) is 5.97 Å². The van der Waals surface area contributed by atoms with Crippen LogP contribution in [0.15, 0.2) is 60.9 Å². The van der Waals surface area contributed by atoms with Crippen molar-refractivity contribution in [2.45, 2.75) is 25.7 Å². The molecule has 2 N–H and O–H groups in total. The van der Waals surface area contributed by atoms with Gasteiger partial charge in [0, 0.05) is 52.7 Å². The van der Waals surface area contributed by atoms with Gasteiger partial charge in [0.05, 0.1) is 14.2 Å². The maximum atomic E-state index is 11.8. The molecule has 3 aromatic heterocycles. The van der Waals surface area contributed by atoms with Gasteiger partial charge in [0.15, 0.2) is 0 Å². The van der Waals surface area contributed by atoms with Crippen LogP contribution in [0.3, 0.4) is 0 Å². The number of benzene rings is 2. The van der Waals surface area contributed by atoms with Crippen LogP contribution in [0.5, 0.6) is 5.75 Å². The van der Waals surface area contributed by atoms with Gasteiger partial charge in [-0.1, -0.05) is 6.07 Å². The summed E-state index contributed by atoms with van der Waals surface area (Å²) in [5.41, 5.74) is 5.85. The lowest BCUT2D eigenvalue weighted by molar-refractivity contribution is 0.0595. The molecule has 5 rings (SSSR count). The Labute approximate surface area is 197 Å². The largest absolute Gasteiger partial charge is 0.497 e. The number of hydrogen-bond donors (Lipinski definition) is 2. The fourth-order valence-electron chi connectivity index (χ4n) is 4.31. The Balaban J connectivity index is 1.25. The highest BCUT2D eigenvalue weighted by Gasteiger charge is 2.11. The second kappa shape index (κ2) is 9.39. The number of esters is 1. The minimum Gasteiger partial charge on any atom is -0.497 e. The molecule has 0 radical (unpaired) electrons. The van der Waals surface area contributed by atoms with Gasteiger partial charge in [0.2, 0.25) is 0 Å². The van der Waals surface area contributed by atoms with Crippen molar-refractivity contribution in [3.8, 4) is 5.75 Å². The van der Waals surface area contributed by atoms with Crippen LogP contribution in [0.4, 0.5) is 0 Å². The standard InChI is InChI=1S/C27H26N4O3/c1-33-21-7-9-24-22(15-21)18(16-29-24)4-3-5-26-28-11-10-20(30-26)13-17-6-8-23-19(12-17)14-25(31-23)27(32)34-2/h6-12,14-16,29,31H,3-5,13H2,1-2H3. The van der Waals surface area contributed by atoms with Crippen molar-refractivity contribution in [3.05, 3.63) is 89.3 Å². The summed E-state index contributed by atoms with van der Waals surface area (Å²) in [6.45, 7) is 0. The predicted molar refractivity (Wildman–Crippen MR) is 131 cm³/mol. The van der Waals surface area contributed by atoms with Crippen LogP contribution in [0.25, 0.3) is 21.8 Å². The molecule has 0 fully saturated rings. The fraction of sp³-hybridized carbons (Fsp3) is 0.222. The van der Waals surface area contributed by atoms with Crippen molar-refractivity contribution in [2.75, 3.05) is 14.2 Å². The first-order valence-electron chi connectivity index (χ1n) is 11.3. The van der Waals surface area contributed by atoms with Gasteiger partial charge in [-0.05, 0) is 66.4 Å². The van der Waals surface area contributed by atoms with Crippen LogP contribution in [-0.4, -0.2) is 40.1 Å². The number of H-pyrrole nitrogens is 2. The summed E-state index contributed by atoms with van der Waals surface area (Å²) in [5.74, 6) is 1.35. The van der Waals surface area contributed by atoms with Crippen molar-refractivity contribution >= 4 is 27.8 Å². The summed E-state index contributed by atoms with van der Waals surface area (Å²) >= 11 is 0. The van der Waals surface area contributed by atoms with E-state index in [1.165, 1.54) is 18.1 Å². The average molecular weight is 455 g/mol. The van der Waals surface area contributed by atoms with Crippen LogP contribution >= 0.6 is 0 Å². The van der Waals surface area contributed by atoms with Crippen LogP contribution in [0, 0.1) is 0 Å². The van der Waals surface area contributed by atoms with E-state index in [9.17, 15) is 4.79 Å². The molecular formula is C27H26N4O3. The Bertz CT molecular complexity index is 1470. The number of hydrogen-bond acceptors (Lipinski definition) is 5. The maximum Gasteiger partial charge on any atom is 0.354 e. The van der Waals surface area contributed by atoms with Crippen LogP contribution in [0.1, 0.15) is 39.6 Å². The number of ether oxygens (including phenoxy) is 2.